The third-order valence-corrected chi connectivity index (χ3v) is 3.40. The lowest BCUT2D eigenvalue weighted by Crippen LogP contribution is -2.42. The van der Waals surface area contributed by atoms with Gasteiger partial charge in [0, 0.05) is 0 Å². The second-order valence-corrected chi connectivity index (χ2v) is 4.45. The molecule has 0 aromatic heterocycles. The molecular formula is C13H16FNO2. The van der Waals surface area contributed by atoms with Crippen molar-refractivity contribution in [2.75, 3.05) is 6.54 Å². The van der Waals surface area contributed by atoms with Crippen molar-refractivity contribution in [2.45, 2.75) is 31.7 Å². The normalized spacial score (nSPS) is 22.5. The van der Waals surface area contributed by atoms with Gasteiger partial charge in [0.2, 0.25) is 0 Å². The fourth-order valence-electron chi connectivity index (χ4n) is 2.76. The Balaban J connectivity index is 2.45. The average Bonchev–Trinajstić information content (AvgIpc) is 2.59. The SMILES string of the molecule is CCNC1(CC(=O)O)CCc2c(F)cccc21. The summed E-state index contributed by atoms with van der Waals surface area (Å²) in [6, 6.07) is 4.91. The number of hydrogen-bond donors (Lipinski definition) is 2. The molecule has 4 heteroatoms. The Bertz CT molecular complexity index is 447. The van der Waals surface area contributed by atoms with Crippen molar-refractivity contribution < 1.29 is 14.3 Å². The average molecular weight is 237 g/mol. The van der Waals surface area contributed by atoms with Crippen molar-refractivity contribution in [2.24, 2.45) is 0 Å². The lowest BCUT2D eigenvalue weighted by atomic mass is 9.88. The van der Waals surface area contributed by atoms with E-state index in [1.54, 1.807) is 6.07 Å². The number of nitrogens with one attached hydrogen (secondary N) is 1. The monoisotopic (exact) mass is 237 g/mol. The zero-order chi connectivity index (χ0) is 12.5. The molecule has 0 bridgehead atoms. The maximum absolute atomic E-state index is 13.6. The fraction of sp³-hybridized carbons (Fsp3) is 0.462. The standard InChI is InChI=1S/C13H16FNO2/c1-2-15-13(8-12(16)17)7-6-9-10(13)4-3-5-11(9)14/h3-5,15H,2,6-8H2,1H3,(H,16,17). The molecule has 1 aliphatic carbocycles. The summed E-state index contributed by atoms with van der Waals surface area (Å²) in [5.74, 6) is -1.09. The van der Waals surface area contributed by atoms with Crippen LogP contribution >= 0.6 is 0 Å². The fourth-order valence-corrected chi connectivity index (χ4v) is 2.76. The summed E-state index contributed by atoms with van der Waals surface area (Å²) in [5, 5.41) is 12.3. The highest BCUT2D eigenvalue weighted by Crippen LogP contribution is 2.40. The van der Waals surface area contributed by atoms with Gasteiger partial charge in [-0.1, -0.05) is 19.1 Å². The topological polar surface area (TPSA) is 49.3 Å². The van der Waals surface area contributed by atoms with Crippen LogP contribution in [0.2, 0.25) is 0 Å². The summed E-state index contributed by atoms with van der Waals surface area (Å²) in [5.41, 5.74) is 0.870. The second-order valence-electron chi connectivity index (χ2n) is 4.45. The number of carbonyl (C=O) groups is 1. The first kappa shape index (κ1) is 12.0. The Labute approximate surface area is 99.7 Å². The molecule has 3 nitrogen and oxygen atoms in total. The minimum absolute atomic E-state index is 0.00269. The quantitative estimate of drug-likeness (QED) is 0.842. The lowest BCUT2D eigenvalue weighted by Gasteiger charge is -2.30. The van der Waals surface area contributed by atoms with Gasteiger partial charge in [0.05, 0.1) is 12.0 Å². The predicted molar refractivity (Wildman–Crippen MR) is 62.3 cm³/mol. The Hall–Kier alpha value is -1.42. The molecule has 1 aromatic rings. The van der Waals surface area contributed by atoms with Crippen LogP contribution < -0.4 is 5.32 Å². The smallest absolute Gasteiger partial charge is 0.305 e. The number of halogens is 1. The van der Waals surface area contributed by atoms with Crippen LogP contribution in [-0.2, 0) is 16.8 Å². The maximum Gasteiger partial charge on any atom is 0.305 e. The van der Waals surface area contributed by atoms with Crippen LogP contribution in [-0.4, -0.2) is 17.6 Å². The van der Waals surface area contributed by atoms with Crippen LogP contribution in [0, 0.1) is 5.82 Å². The van der Waals surface area contributed by atoms with Crippen molar-refractivity contribution in [3.05, 3.63) is 35.1 Å². The van der Waals surface area contributed by atoms with Gasteiger partial charge in [0.1, 0.15) is 5.82 Å². The molecule has 2 rings (SSSR count). The molecular weight excluding hydrogens is 221 g/mol. The zero-order valence-corrected chi connectivity index (χ0v) is 9.79. The minimum atomic E-state index is -0.858. The molecule has 0 aliphatic heterocycles. The highest BCUT2D eigenvalue weighted by atomic mass is 19.1. The summed E-state index contributed by atoms with van der Waals surface area (Å²) in [7, 11) is 0. The first-order valence-corrected chi connectivity index (χ1v) is 5.84. The van der Waals surface area contributed by atoms with Gasteiger partial charge in [-0.2, -0.15) is 0 Å². The van der Waals surface area contributed by atoms with E-state index in [0.29, 0.717) is 24.9 Å². The van der Waals surface area contributed by atoms with Gasteiger partial charge in [-0.25, -0.2) is 4.39 Å². The van der Waals surface area contributed by atoms with Gasteiger partial charge in [-0.3, -0.25) is 4.79 Å². The molecule has 0 saturated carbocycles. The predicted octanol–water partition coefficient (Wildman–Crippen LogP) is 2.05. The maximum atomic E-state index is 13.6. The molecule has 1 unspecified atom stereocenters. The Morgan fingerprint density at radius 3 is 3.00 bits per heavy atom. The molecule has 2 N–H and O–H groups in total. The van der Waals surface area contributed by atoms with Gasteiger partial charge >= 0.3 is 5.97 Å². The molecule has 17 heavy (non-hydrogen) atoms. The van der Waals surface area contributed by atoms with E-state index in [-0.39, 0.29) is 12.2 Å². The van der Waals surface area contributed by atoms with Crippen molar-refractivity contribution in [3.63, 3.8) is 0 Å². The molecule has 0 saturated heterocycles. The van der Waals surface area contributed by atoms with E-state index in [1.807, 2.05) is 13.0 Å². The highest BCUT2D eigenvalue weighted by Gasteiger charge is 2.40. The number of aliphatic carboxylic acids is 1. The molecule has 0 radical (unpaired) electrons. The van der Waals surface area contributed by atoms with Gasteiger partial charge < -0.3 is 10.4 Å². The van der Waals surface area contributed by atoms with Crippen LogP contribution in [0.4, 0.5) is 4.39 Å². The van der Waals surface area contributed by atoms with Crippen LogP contribution in [0.25, 0.3) is 0 Å². The molecule has 1 aliphatic rings. The van der Waals surface area contributed by atoms with Crippen LogP contribution in [0.5, 0.6) is 0 Å². The van der Waals surface area contributed by atoms with Crippen molar-refractivity contribution >= 4 is 5.97 Å². The summed E-state index contributed by atoms with van der Waals surface area (Å²) in [6.45, 7) is 2.60. The van der Waals surface area contributed by atoms with Crippen molar-refractivity contribution in [1.82, 2.24) is 5.32 Å². The number of fused-ring (bicyclic) bond motifs is 1. The Morgan fingerprint density at radius 2 is 2.35 bits per heavy atom. The third-order valence-electron chi connectivity index (χ3n) is 3.40. The number of rotatable bonds is 4. The molecule has 0 fully saturated rings. The van der Waals surface area contributed by atoms with E-state index in [9.17, 15) is 9.18 Å². The number of carboxylic acids is 1. The highest BCUT2D eigenvalue weighted by molar-refractivity contribution is 5.69. The molecule has 0 spiro atoms. The third kappa shape index (κ3) is 2.05. The first-order valence-electron chi connectivity index (χ1n) is 5.84. The largest absolute Gasteiger partial charge is 0.481 e. The van der Waals surface area contributed by atoms with E-state index < -0.39 is 11.5 Å². The van der Waals surface area contributed by atoms with E-state index in [4.69, 9.17) is 5.11 Å². The second kappa shape index (κ2) is 4.45. The van der Waals surface area contributed by atoms with E-state index in [0.717, 1.165) is 5.56 Å². The van der Waals surface area contributed by atoms with E-state index in [2.05, 4.69) is 5.32 Å². The summed E-state index contributed by atoms with van der Waals surface area (Å²) >= 11 is 0. The van der Waals surface area contributed by atoms with Crippen LogP contribution in [0.15, 0.2) is 18.2 Å². The number of benzene rings is 1. The first-order chi connectivity index (χ1) is 8.09. The molecule has 0 amide bonds. The van der Waals surface area contributed by atoms with Gasteiger partial charge in [0.25, 0.3) is 0 Å². The van der Waals surface area contributed by atoms with Gasteiger partial charge in [-0.15, -0.1) is 0 Å². The molecule has 0 heterocycles. The minimum Gasteiger partial charge on any atom is -0.481 e. The zero-order valence-electron chi connectivity index (χ0n) is 9.79. The molecule has 92 valence electrons. The Morgan fingerprint density at radius 1 is 1.59 bits per heavy atom. The van der Waals surface area contributed by atoms with E-state index >= 15 is 0 Å². The lowest BCUT2D eigenvalue weighted by molar-refractivity contribution is -0.138. The van der Waals surface area contributed by atoms with Crippen LogP contribution in [0.3, 0.4) is 0 Å². The summed E-state index contributed by atoms with van der Waals surface area (Å²) in [4.78, 5) is 11.0. The van der Waals surface area contributed by atoms with E-state index in [1.165, 1.54) is 6.07 Å². The number of hydrogen-bond acceptors (Lipinski definition) is 2. The Kier molecular flexibility index (Phi) is 3.15. The van der Waals surface area contributed by atoms with Gasteiger partial charge in [0.15, 0.2) is 0 Å². The van der Waals surface area contributed by atoms with Crippen LogP contribution in [0.1, 0.15) is 30.9 Å². The summed E-state index contributed by atoms with van der Waals surface area (Å²) < 4.78 is 13.6. The van der Waals surface area contributed by atoms with Gasteiger partial charge in [-0.05, 0) is 36.6 Å². The molecule has 1 atom stereocenters. The number of carboxylic acid groups (broad SMARTS) is 1. The van der Waals surface area contributed by atoms with Crippen molar-refractivity contribution in [3.8, 4) is 0 Å². The van der Waals surface area contributed by atoms with Crippen molar-refractivity contribution in [1.29, 1.82) is 0 Å². The summed E-state index contributed by atoms with van der Waals surface area (Å²) in [6.07, 6.45) is 1.24. The molecule has 1 aromatic carbocycles.